The molecule has 20 heavy (non-hydrogen) atoms. The highest BCUT2D eigenvalue weighted by Gasteiger charge is 2.52. The van der Waals surface area contributed by atoms with Gasteiger partial charge in [-0.15, -0.1) is 0 Å². The van der Waals surface area contributed by atoms with Crippen molar-refractivity contribution in [3.63, 3.8) is 0 Å². The van der Waals surface area contributed by atoms with Gasteiger partial charge in [-0.1, -0.05) is 13.2 Å². The smallest absolute Gasteiger partial charge is 0.336 e. The molecule has 0 amide bonds. The van der Waals surface area contributed by atoms with E-state index in [4.69, 9.17) is 18.9 Å². The first-order valence-corrected chi connectivity index (χ1v) is 6.91. The SMILES string of the molecule is C=C(C)C(=O)OC([SiH3])(OC(=O)C(=C)C)C(C)(OC)OC. The highest BCUT2D eigenvalue weighted by atomic mass is 28.1. The zero-order chi connectivity index (χ0) is 16.1. The van der Waals surface area contributed by atoms with Gasteiger partial charge in [0.05, 0.1) is 0 Å². The predicted octanol–water partition coefficient (Wildman–Crippen LogP) is 0.253. The van der Waals surface area contributed by atoms with Crippen molar-refractivity contribution >= 4 is 22.2 Å². The zero-order valence-electron chi connectivity index (χ0n) is 12.9. The number of hydrogen-bond donors (Lipinski definition) is 0. The predicted molar refractivity (Wildman–Crippen MR) is 76.9 cm³/mol. The molecule has 0 unspecified atom stereocenters. The fraction of sp³-hybridized carbons (Fsp3) is 0.538. The van der Waals surface area contributed by atoms with E-state index >= 15 is 0 Å². The average molecular weight is 302 g/mol. The van der Waals surface area contributed by atoms with Crippen LogP contribution in [0.4, 0.5) is 0 Å². The zero-order valence-corrected chi connectivity index (χ0v) is 14.9. The van der Waals surface area contributed by atoms with Crippen LogP contribution in [0.1, 0.15) is 20.8 Å². The van der Waals surface area contributed by atoms with Crippen molar-refractivity contribution in [3.8, 4) is 0 Å². The number of carbonyl (C=O) groups is 2. The number of carbonyl (C=O) groups excluding carboxylic acids is 2. The van der Waals surface area contributed by atoms with Crippen LogP contribution in [0.2, 0.25) is 0 Å². The quantitative estimate of drug-likeness (QED) is 0.291. The number of ether oxygens (including phenoxy) is 4. The first-order valence-electron chi connectivity index (χ1n) is 5.91. The molecule has 0 aromatic heterocycles. The Kier molecular flexibility index (Phi) is 6.33. The summed E-state index contributed by atoms with van der Waals surface area (Å²) in [5.74, 6) is -2.83. The second kappa shape index (κ2) is 6.82. The van der Waals surface area contributed by atoms with Crippen molar-refractivity contribution in [1.29, 1.82) is 0 Å². The lowest BCUT2D eigenvalue weighted by Crippen LogP contribution is -2.60. The largest absolute Gasteiger partial charge is 0.419 e. The summed E-state index contributed by atoms with van der Waals surface area (Å²) in [5, 5.41) is 0. The molecule has 0 aliphatic heterocycles. The van der Waals surface area contributed by atoms with Crippen molar-refractivity contribution in [1.82, 2.24) is 0 Å². The van der Waals surface area contributed by atoms with Gasteiger partial charge in [0, 0.05) is 25.4 Å². The Balaban J connectivity index is 5.54. The van der Waals surface area contributed by atoms with Gasteiger partial charge in [0.25, 0.3) is 5.41 Å². The molecule has 0 aliphatic rings. The molecule has 0 rings (SSSR count). The van der Waals surface area contributed by atoms with Gasteiger partial charge in [-0.25, -0.2) is 9.59 Å². The van der Waals surface area contributed by atoms with Crippen LogP contribution in [0.15, 0.2) is 24.3 Å². The molecule has 6 nitrogen and oxygen atoms in total. The third kappa shape index (κ3) is 4.02. The lowest BCUT2D eigenvalue weighted by atomic mass is 10.2. The summed E-state index contributed by atoms with van der Waals surface area (Å²) in [4.78, 5) is 23.5. The molecular formula is C13H22O6Si. The number of methoxy groups -OCH3 is 2. The van der Waals surface area contributed by atoms with E-state index in [1.165, 1.54) is 35.0 Å². The summed E-state index contributed by atoms with van der Waals surface area (Å²) in [6, 6.07) is 0. The van der Waals surface area contributed by atoms with Crippen LogP contribution >= 0.6 is 0 Å². The van der Waals surface area contributed by atoms with E-state index in [2.05, 4.69) is 13.2 Å². The summed E-state index contributed by atoms with van der Waals surface area (Å²) >= 11 is 0. The molecule has 0 bridgehead atoms. The molecule has 0 aliphatic carbocycles. The summed E-state index contributed by atoms with van der Waals surface area (Å²) < 4.78 is 20.9. The van der Waals surface area contributed by atoms with Gasteiger partial charge >= 0.3 is 11.9 Å². The van der Waals surface area contributed by atoms with Crippen LogP contribution in [-0.2, 0) is 28.5 Å². The lowest BCUT2D eigenvalue weighted by molar-refractivity contribution is -0.331. The van der Waals surface area contributed by atoms with E-state index in [-0.39, 0.29) is 21.4 Å². The maximum Gasteiger partial charge on any atom is 0.336 e. The van der Waals surface area contributed by atoms with Crippen LogP contribution in [0, 0.1) is 0 Å². The highest BCUT2D eigenvalue weighted by Crippen LogP contribution is 2.30. The number of esters is 2. The first kappa shape index (κ1) is 18.6. The van der Waals surface area contributed by atoms with E-state index in [0.29, 0.717) is 0 Å². The molecule has 0 N–H and O–H groups in total. The van der Waals surface area contributed by atoms with Crippen LogP contribution in [0.3, 0.4) is 0 Å². The van der Waals surface area contributed by atoms with Gasteiger partial charge in [-0.3, -0.25) is 0 Å². The van der Waals surface area contributed by atoms with E-state index < -0.39 is 23.1 Å². The second-order valence-electron chi connectivity index (χ2n) is 4.64. The maximum absolute atomic E-state index is 11.8. The fourth-order valence-electron chi connectivity index (χ4n) is 1.19. The van der Waals surface area contributed by atoms with E-state index in [9.17, 15) is 9.59 Å². The minimum Gasteiger partial charge on any atom is -0.419 e. The molecule has 0 aromatic rings. The van der Waals surface area contributed by atoms with Crippen molar-refractivity contribution in [2.45, 2.75) is 32.0 Å². The fourth-order valence-corrected chi connectivity index (χ4v) is 1.97. The lowest BCUT2D eigenvalue weighted by Gasteiger charge is -2.42. The van der Waals surface area contributed by atoms with Crippen molar-refractivity contribution in [3.05, 3.63) is 24.3 Å². The monoisotopic (exact) mass is 302 g/mol. The van der Waals surface area contributed by atoms with Crippen LogP contribution in [0.25, 0.3) is 0 Å². The van der Waals surface area contributed by atoms with Gasteiger partial charge in [-0.2, -0.15) is 0 Å². The van der Waals surface area contributed by atoms with Crippen LogP contribution in [0.5, 0.6) is 0 Å². The Hall–Kier alpha value is -1.44. The van der Waals surface area contributed by atoms with Gasteiger partial charge in [-0.05, 0) is 20.8 Å². The Bertz CT molecular complexity index is 397. The molecule has 0 aromatic carbocycles. The van der Waals surface area contributed by atoms with Crippen molar-refractivity contribution in [2.24, 2.45) is 0 Å². The average Bonchev–Trinajstić information content (AvgIpc) is 2.36. The third-order valence-electron chi connectivity index (χ3n) is 2.88. The minimum atomic E-state index is -1.66. The van der Waals surface area contributed by atoms with E-state index in [0.717, 1.165) is 0 Å². The van der Waals surface area contributed by atoms with E-state index in [1.54, 1.807) is 0 Å². The topological polar surface area (TPSA) is 71.1 Å². The Morgan fingerprint density at radius 2 is 1.25 bits per heavy atom. The second-order valence-corrected chi connectivity index (χ2v) is 5.96. The molecule has 7 heteroatoms. The molecule has 114 valence electrons. The Morgan fingerprint density at radius 3 is 1.45 bits per heavy atom. The van der Waals surface area contributed by atoms with Gasteiger partial charge in [0.15, 0.2) is 0 Å². The van der Waals surface area contributed by atoms with Crippen LogP contribution in [-0.4, -0.2) is 47.6 Å². The maximum atomic E-state index is 11.8. The van der Waals surface area contributed by atoms with Gasteiger partial charge < -0.3 is 18.9 Å². The van der Waals surface area contributed by atoms with Crippen molar-refractivity contribution < 1.29 is 28.5 Å². The number of rotatable bonds is 7. The highest BCUT2D eigenvalue weighted by molar-refractivity contribution is 6.16. The molecule has 0 heterocycles. The first-order chi connectivity index (χ1) is 9.03. The molecular weight excluding hydrogens is 280 g/mol. The normalized spacial score (nSPS) is 11.8. The van der Waals surface area contributed by atoms with Gasteiger partial charge in [0.2, 0.25) is 5.79 Å². The third-order valence-corrected chi connectivity index (χ3v) is 4.19. The molecule has 0 fully saturated rings. The Labute approximate surface area is 122 Å². The summed E-state index contributed by atoms with van der Waals surface area (Å²) in [6.07, 6.45) is 0. The summed E-state index contributed by atoms with van der Waals surface area (Å²) in [7, 11) is 2.84. The summed E-state index contributed by atoms with van der Waals surface area (Å²) in [5.41, 5.74) is -1.32. The molecule has 0 spiro atoms. The van der Waals surface area contributed by atoms with Crippen LogP contribution < -0.4 is 0 Å². The van der Waals surface area contributed by atoms with Crippen molar-refractivity contribution in [2.75, 3.05) is 14.2 Å². The molecule has 0 atom stereocenters. The minimum absolute atomic E-state index is 0.114. The molecule has 0 saturated carbocycles. The number of hydrogen-bond acceptors (Lipinski definition) is 6. The molecule has 0 radical (unpaired) electrons. The Morgan fingerprint density at radius 1 is 0.950 bits per heavy atom. The summed E-state index contributed by atoms with van der Waals surface area (Å²) in [6.45, 7) is 11.5. The molecule has 0 saturated heterocycles. The van der Waals surface area contributed by atoms with Gasteiger partial charge in [0.1, 0.15) is 10.2 Å². The standard InChI is InChI=1S/C13H22O6Si/c1-8(2)10(14)18-13(20,12(5,16-6)17-7)19-11(15)9(3)4/h1,3H2,2,4-7,20H3. The van der Waals surface area contributed by atoms with E-state index in [1.807, 2.05) is 0 Å².